The van der Waals surface area contributed by atoms with Gasteiger partial charge in [0.1, 0.15) is 13.2 Å². The minimum atomic E-state index is -0.778. The van der Waals surface area contributed by atoms with E-state index in [9.17, 15) is 14.4 Å². The minimum absolute atomic E-state index is 0.0781. The van der Waals surface area contributed by atoms with Crippen LogP contribution in [-0.4, -0.2) is 37.2 Å². The standard InChI is InChI=1S/C59H106O6/c1-4-7-10-13-16-19-22-23-24-25-26-27-28-29-30-31-32-33-34-35-38-40-43-46-49-52-58(61)64-55-56(65-59(62)53-50-47-44-41-37-21-18-15-12-9-6-3)54-63-57(60)51-48-45-42-39-36-20-17-14-11-8-5-2/h14-15,17-18,22-23,25-26,56H,4-13,16,19-21,24,27-55H2,1-3H3/b17-14-,18-15-,23-22-,26-25-. The summed E-state index contributed by atoms with van der Waals surface area (Å²) in [4.78, 5) is 38.0. The molecule has 0 radical (unpaired) electrons. The second kappa shape index (κ2) is 54.0. The molecule has 0 aromatic rings. The van der Waals surface area contributed by atoms with Crippen molar-refractivity contribution in [2.75, 3.05) is 13.2 Å². The van der Waals surface area contributed by atoms with E-state index in [4.69, 9.17) is 14.2 Å². The third-order valence-corrected chi connectivity index (χ3v) is 12.3. The van der Waals surface area contributed by atoms with Crippen molar-refractivity contribution in [1.29, 1.82) is 0 Å². The van der Waals surface area contributed by atoms with Crippen molar-refractivity contribution < 1.29 is 28.6 Å². The van der Waals surface area contributed by atoms with Crippen molar-refractivity contribution in [3.63, 3.8) is 0 Å². The first-order chi connectivity index (χ1) is 32.0. The third kappa shape index (κ3) is 52.2. The molecule has 0 aliphatic rings. The number of rotatable bonds is 51. The van der Waals surface area contributed by atoms with Gasteiger partial charge in [0.05, 0.1) is 0 Å². The fourth-order valence-corrected chi connectivity index (χ4v) is 7.96. The second-order valence-electron chi connectivity index (χ2n) is 18.8. The van der Waals surface area contributed by atoms with Gasteiger partial charge in [-0.1, -0.05) is 230 Å². The lowest BCUT2D eigenvalue weighted by Crippen LogP contribution is -2.30. The second-order valence-corrected chi connectivity index (χ2v) is 18.8. The summed E-state index contributed by atoms with van der Waals surface area (Å²) >= 11 is 0. The Morgan fingerprint density at radius 3 is 0.908 bits per heavy atom. The molecule has 65 heavy (non-hydrogen) atoms. The molecule has 0 saturated carbocycles. The van der Waals surface area contributed by atoms with Crippen molar-refractivity contribution in [3.05, 3.63) is 48.6 Å². The highest BCUT2D eigenvalue weighted by Gasteiger charge is 2.19. The van der Waals surface area contributed by atoms with E-state index < -0.39 is 6.10 Å². The van der Waals surface area contributed by atoms with Crippen LogP contribution in [0, 0.1) is 0 Å². The number of ether oxygens (including phenoxy) is 3. The number of allylic oxidation sites excluding steroid dienone is 8. The predicted molar refractivity (Wildman–Crippen MR) is 279 cm³/mol. The van der Waals surface area contributed by atoms with Gasteiger partial charge in [-0.2, -0.15) is 0 Å². The van der Waals surface area contributed by atoms with Gasteiger partial charge in [0.2, 0.25) is 0 Å². The average Bonchev–Trinajstić information content (AvgIpc) is 3.30. The van der Waals surface area contributed by atoms with Crippen molar-refractivity contribution in [2.24, 2.45) is 0 Å². The Balaban J connectivity index is 4.18. The maximum Gasteiger partial charge on any atom is 0.306 e. The summed E-state index contributed by atoms with van der Waals surface area (Å²) in [7, 11) is 0. The Hall–Kier alpha value is -2.63. The zero-order chi connectivity index (χ0) is 47.2. The number of hydrogen-bond donors (Lipinski definition) is 0. The van der Waals surface area contributed by atoms with E-state index in [0.717, 1.165) is 83.5 Å². The van der Waals surface area contributed by atoms with E-state index >= 15 is 0 Å². The molecule has 0 bridgehead atoms. The first-order valence-corrected chi connectivity index (χ1v) is 28.1. The SMILES string of the molecule is CCCC/C=C\CCCCCCCC(=O)OCC(COC(=O)CCCCCCCCCCCCCCC/C=C\C/C=C\CCCCCCC)OC(=O)CCCCCCC/C=C\CCCC. The number of hydrogen-bond acceptors (Lipinski definition) is 6. The summed E-state index contributed by atoms with van der Waals surface area (Å²) in [6.45, 7) is 6.55. The normalized spacial score (nSPS) is 12.4. The molecule has 0 aliphatic carbocycles. The van der Waals surface area contributed by atoms with Gasteiger partial charge < -0.3 is 14.2 Å². The van der Waals surface area contributed by atoms with Crippen LogP contribution < -0.4 is 0 Å². The molecule has 0 aromatic carbocycles. The Morgan fingerprint density at radius 1 is 0.308 bits per heavy atom. The van der Waals surface area contributed by atoms with Crippen LogP contribution in [0.1, 0.15) is 290 Å². The van der Waals surface area contributed by atoms with Gasteiger partial charge in [0.15, 0.2) is 6.10 Å². The molecular weight excluding hydrogens is 805 g/mol. The van der Waals surface area contributed by atoms with E-state index in [-0.39, 0.29) is 31.1 Å². The van der Waals surface area contributed by atoms with Crippen LogP contribution in [0.2, 0.25) is 0 Å². The minimum Gasteiger partial charge on any atom is -0.462 e. The fraction of sp³-hybridized carbons (Fsp3) is 0.814. The first-order valence-electron chi connectivity index (χ1n) is 28.1. The smallest absolute Gasteiger partial charge is 0.306 e. The lowest BCUT2D eigenvalue weighted by Gasteiger charge is -2.18. The lowest BCUT2D eigenvalue weighted by atomic mass is 10.0. The highest BCUT2D eigenvalue weighted by molar-refractivity contribution is 5.71. The van der Waals surface area contributed by atoms with Crippen molar-refractivity contribution in [2.45, 2.75) is 297 Å². The van der Waals surface area contributed by atoms with Crippen LogP contribution in [0.4, 0.5) is 0 Å². The molecule has 6 heteroatoms. The Kier molecular flexibility index (Phi) is 51.8. The molecule has 0 heterocycles. The van der Waals surface area contributed by atoms with Gasteiger partial charge in [0, 0.05) is 19.3 Å². The topological polar surface area (TPSA) is 78.9 Å². The number of esters is 3. The zero-order valence-corrected chi connectivity index (χ0v) is 43.3. The molecule has 0 spiro atoms. The summed E-state index contributed by atoms with van der Waals surface area (Å²) in [5.41, 5.74) is 0. The van der Waals surface area contributed by atoms with Gasteiger partial charge in [-0.05, 0) is 89.9 Å². The average molecular weight is 911 g/mol. The van der Waals surface area contributed by atoms with Crippen molar-refractivity contribution in [1.82, 2.24) is 0 Å². The first kappa shape index (κ1) is 62.4. The Bertz CT molecular complexity index is 1140. The third-order valence-electron chi connectivity index (χ3n) is 12.3. The molecule has 0 fully saturated rings. The Labute approximate surface area is 403 Å². The van der Waals surface area contributed by atoms with Gasteiger partial charge >= 0.3 is 17.9 Å². The monoisotopic (exact) mass is 911 g/mol. The zero-order valence-electron chi connectivity index (χ0n) is 43.3. The molecule has 0 saturated heterocycles. The summed E-state index contributed by atoms with van der Waals surface area (Å²) in [5, 5.41) is 0. The molecule has 1 unspecified atom stereocenters. The lowest BCUT2D eigenvalue weighted by molar-refractivity contribution is -0.167. The molecule has 6 nitrogen and oxygen atoms in total. The van der Waals surface area contributed by atoms with E-state index in [1.807, 2.05) is 0 Å². The van der Waals surface area contributed by atoms with Crippen molar-refractivity contribution in [3.8, 4) is 0 Å². The van der Waals surface area contributed by atoms with Crippen LogP contribution in [0.3, 0.4) is 0 Å². The number of carbonyl (C=O) groups excluding carboxylic acids is 3. The van der Waals surface area contributed by atoms with E-state index in [1.54, 1.807) is 0 Å². The van der Waals surface area contributed by atoms with E-state index in [2.05, 4.69) is 69.4 Å². The molecule has 0 amide bonds. The van der Waals surface area contributed by atoms with Crippen molar-refractivity contribution >= 4 is 17.9 Å². The highest BCUT2D eigenvalue weighted by Crippen LogP contribution is 2.16. The van der Waals surface area contributed by atoms with Crippen LogP contribution in [0.5, 0.6) is 0 Å². The number of unbranched alkanes of at least 4 members (excludes halogenated alkanes) is 32. The molecule has 0 aliphatic heterocycles. The summed E-state index contributed by atoms with van der Waals surface area (Å²) in [5.74, 6) is -0.891. The largest absolute Gasteiger partial charge is 0.462 e. The molecule has 0 N–H and O–H groups in total. The summed E-state index contributed by atoms with van der Waals surface area (Å²) in [6, 6.07) is 0. The van der Waals surface area contributed by atoms with Gasteiger partial charge in [0.25, 0.3) is 0 Å². The maximum atomic E-state index is 12.8. The van der Waals surface area contributed by atoms with Gasteiger partial charge in [-0.25, -0.2) is 0 Å². The van der Waals surface area contributed by atoms with Crippen LogP contribution in [0.25, 0.3) is 0 Å². The highest BCUT2D eigenvalue weighted by atomic mass is 16.6. The molecule has 1 atom stereocenters. The Morgan fingerprint density at radius 2 is 0.569 bits per heavy atom. The predicted octanol–water partition coefficient (Wildman–Crippen LogP) is 18.7. The molecule has 378 valence electrons. The quantitative estimate of drug-likeness (QED) is 0.0262. The summed E-state index contributed by atoms with van der Waals surface area (Å²) < 4.78 is 16.8. The van der Waals surface area contributed by atoms with E-state index in [0.29, 0.717) is 19.3 Å². The fourth-order valence-electron chi connectivity index (χ4n) is 7.96. The summed E-state index contributed by atoms with van der Waals surface area (Å²) in [6.07, 6.45) is 65.4. The maximum absolute atomic E-state index is 12.8. The van der Waals surface area contributed by atoms with Gasteiger partial charge in [-0.3, -0.25) is 14.4 Å². The van der Waals surface area contributed by atoms with Crippen LogP contribution in [-0.2, 0) is 28.6 Å². The number of carbonyl (C=O) groups is 3. The molecule has 0 rings (SSSR count). The molecule has 0 aromatic heterocycles. The van der Waals surface area contributed by atoms with Crippen LogP contribution in [0.15, 0.2) is 48.6 Å². The molecular formula is C59H106O6. The van der Waals surface area contributed by atoms with Gasteiger partial charge in [-0.15, -0.1) is 0 Å². The van der Waals surface area contributed by atoms with E-state index in [1.165, 1.54) is 167 Å². The van der Waals surface area contributed by atoms with Crippen LogP contribution >= 0.6 is 0 Å².